The molecule has 2 aromatic rings. The zero-order chi connectivity index (χ0) is 30.2. The van der Waals surface area contributed by atoms with Crippen LogP contribution in [0.25, 0.3) is 11.1 Å². The molecule has 3 aliphatic heterocycles. The number of carbonyl (C=O) groups is 1. The lowest BCUT2D eigenvalue weighted by Gasteiger charge is -2.41. The van der Waals surface area contributed by atoms with Crippen molar-refractivity contribution in [3.05, 3.63) is 46.3 Å². The zero-order valence-corrected chi connectivity index (χ0v) is 26.9. The van der Waals surface area contributed by atoms with E-state index in [9.17, 15) is 9.90 Å². The van der Waals surface area contributed by atoms with Crippen LogP contribution in [0.4, 0.5) is 5.69 Å². The molecule has 2 atom stereocenters. The molecule has 0 spiro atoms. The van der Waals surface area contributed by atoms with E-state index in [1.54, 1.807) is 0 Å². The van der Waals surface area contributed by atoms with Gasteiger partial charge in [0.05, 0.1) is 17.9 Å². The van der Waals surface area contributed by atoms with E-state index in [0.717, 1.165) is 93.4 Å². The molecule has 0 aliphatic carbocycles. The van der Waals surface area contributed by atoms with Crippen LogP contribution in [-0.2, 0) is 27.2 Å². The SMILES string of the molecule is Cc1nc(C)c([C@H](OC(C)(C)C)C(=O)O)c(N2CCC(C)(C)CC2)c1-c1ccc2c(c1)CCN(CC1CCCOC1)C2. The first-order valence-corrected chi connectivity index (χ1v) is 15.9. The molecule has 5 rings (SSSR count). The van der Waals surface area contributed by atoms with Crippen molar-refractivity contribution in [1.82, 2.24) is 9.88 Å². The number of hydrogen-bond donors (Lipinski definition) is 1. The fraction of sp³-hybridized carbons (Fsp3) is 0.657. The molecule has 7 nitrogen and oxygen atoms in total. The molecule has 0 saturated carbocycles. The Hall–Kier alpha value is -2.48. The van der Waals surface area contributed by atoms with Gasteiger partial charge in [0.2, 0.25) is 0 Å². The van der Waals surface area contributed by atoms with Gasteiger partial charge in [0.15, 0.2) is 6.10 Å². The largest absolute Gasteiger partial charge is 0.479 e. The van der Waals surface area contributed by atoms with Gasteiger partial charge >= 0.3 is 5.97 Å². The van der Waals surface area contributed by atoms with Gasteiger partial charge in [0.25, 0.3) is 0 Å². The molecule has 1 aromatic heterocycles. The van der Waals surface area contributed by atoms with Crippen LogP contribution in [0.1, 0.15) is 94.5 Å². The summed E-state index contributed by atoms with van der Waals surface area (Å²) in [6, 6.07) is 6.86. The van der Waals surface area contributed by atoms with Gasteiger partial charge in [0.1, 0.15) is 0 Å². The Morgan fingerprint density at radius 1 is 1.14 bits per heavy atom. The van der Waals surface area contributed by atoms with E-state index in [4.69, 9.17) is 14.5 Å². The average molecular weight is 578 g/mol. The summed E-state index contributed by atoms with van der Waals surface area (Å²) >= 11 is 0. The summed E-state index contributed by atoms with van der Waals surface area (Å²) in [5, 5.41) is 10.5. The van der Waals surface area contributed by atoms with Crippen molar-refractivity contribution < 1.29 is 19.4 Å². The van der Waals surface area contributed by atoms with E-state index in [0.29, 0.717) is 11.5 Å². The number of piperidine rings is 1. The van der Waals surface area contributed by atoms with Gasteiger partial charge in [-0.3, -0.25) is 9.88 Å². The van der Waals surface area contributed by atoms with Crippen molar-refractivity contribution in [1.29, 1.82) is 0 Å². The molecule has 1 unspecified atom stereocenters. The number of rotatable bonds is 7. The Morgan fingerprint density at radius 3 is 2.52 bits per heavy atom. The van der Waals surface area contributed by atoms with E-state index >= 15 is 0 Å². The third-order valence-electron chi connectivity index (χ3n) is 9.33. The summed E-state index contributed by atoms with van der Waals surface area (Å²) < 4.78 is 12.0. The number of aromatic nitrogens is 1. The summed E-state index contributed by atoms with van der Waals surface area (Å²) in [4.78, 5) is 22.7. The molecule has 230 valence electrons. The highest BCUT2D eigenvalue weighted by atomic mass is 16.5. The molecular weight excluding hydrogens is 526 g/mol. The van der Waals surface area contributed by atoms with Crippen molar-refractivity contribution in [2.45, 2.75) is 98.8 Å². The lowest BCUT2D eigenvalue weighted by molar-refractivity contribution is -0.160. The molecule has 7 heteroatoms. The highest BCUT2D eigenvalue weighted by Gasteiger charge is 2.36. The lowest BCUT2D eigenvalue weighted by atomic mass is 9.81. The topological polar surface area (TPSA) is 75.1 Å². The number of pyridine rings is 1. The average Bonchev–Trinajstić information content (AvgIpc) is 2.91. The van der Waals surface area contributed by atoms with Crippen LogP contribution in [0.2, 0.25) is 0 Å². The fourth-order valence-electron chi connectivity index (χ4n) is 6.99. The molecule has 0 bridgehead atoms. The number of aliphatic carboxylic acids is 1. The number of carboxylic acid groups (broad SMARTS) is 1. The van der Waals surface area contributed by atoms with Crippen molar-refractivity contribution in [2.24, 2.45) is 11.3 Å². The third kappa shape index (κ3) is 7.00. The molecule has 0 amide bonds. The van der Waals surface area contributed by atoms with Crippen molar-refractivity contribution in [2.75, 3.05) is 44.3 Å². The summed E-state index contributed by atoms with van der Waals surface area (Å²) in [6.07, 6.45) is 4.45. The Kier molecular flexibility index (Phi) is 9.03. The first-order chi connectivity index (χ1) is 19.8. The van der Waals surface area contributed by atoms with Gasteiger partial charge in [-0.2, -0.15) is 0 Å². The first-order valence-electron chi connectivity index (χ1n) is 15.9. The second-order valence-corrected chi connectivity index (χ2v) is 14.6. The second kappa shape index (κ2) is 12.3. The Labute approximate surface area is 252 Å². The van der Waals surface area contributed by atoms with Crippen LogP contribution < -0.4 is 4.90 Å². The van der Waals surface area contributed by atoms with Crippen LogP contribution in [0, 0.1) is 25.2 Å². The van der Waals surface area contributed by atoms with Gasteiger partial charge in [-0.15, -0.1) is 0 Å². The fourth-order valence-corrected chi connectivity index (χ4v) is 6.99. The van der Waals surface area contributed by atoms with Gasteiger partial charge in [0, 0.05) is 61.8 Å². The molecule has 0 radical (unpaired) electrons. The number of anilines is 1. The highest BCUT2D eigenvalue weighted by Crippen LogP contribution is 2.45. The number of aryl methyl sites for hydroxylation is 2. The van der Waals surface area contributed by atoms with Gasteiger partial charge < -0.3 is 19.5 Å². The van der Waals surface area contributed by atoms with Crippen molar-refractivity contribution in [3.63, 3.8) is 0 Å². The first kappa shape index (κ1) is 31.0. The standard InChI is InChI=1S/C35H51N3O4/c1-23-29(27-10-11-28-21-37(15-12-26(28)19-27)20-25-9-8-18-41-22-25)31(38-16-13-35(6,7)14-17-38)30(24(2)36-23)32(33(39)40)42-34(3,4)5/h10-11,19,25,32H,8-9,12-18,20-22H2,1-7H3,(H,39,40)/t25?,32-/m0/s1. The van der Waals surface area contributed by atoms with Crippen LogP contribution >= 0.6 is 0 Å². The Morgan fingerprint density at radius 2 is 1.88 bits per heavy atom. The normalized spacial score (nSPS) is 22.1. The van der Waals surface area contributed by atoms with Gasteiger partial charge in [-0.25, -0.2) is 4.79 Å². The third-order valence-corrected chi connectivity index (χ3v) is 9.33. The zero-order valence-electron chi connectivity index (χ0n) is 26.9. The number of benzene rings is 1. The van der Waals surface area contributed by atoms with Crippen LogP contribution in [0.3, 0.4) is 0 Å². The Bertz CT molecular complexity index is 1280. The van der Waals surface area contributed by atoms with Crippen LogP contribution in [0.5, 0.6) is 0 Å². The molecule has 2 fully saturated rings. The lowest BCUT2D eigenvalue weighted by Crippen LogP contribution is -2.39. The van der Waals surface area contributed by atoms with Crippen LogP contribution in [0.15, 0.2) is 18.2 Å². The smallest absolute Gasteiger partial charge is 0.337 e. The monoisotopic (exact) mass is 577 g/mol. The van der Waals surface area contributed by atoms with E-state index < -0.39 is 17.7 Å². The van der Waals surface area contributed by atoms with E-state index in [-0.39, 0.29) is 5.41 Å². The van der Waals surface area contributed by atoms with Crippen LogP contribution in [-0.4, -0.2) is 66.0 Å². The van der Waals surface area contributed by atoms with E-state index in [1.807, 2.05) is 27.7 Å². The number of ether oxygens (including phenoxy) is 2. The second-order valence-electron chi connectivity index (χ2n) is 14.6. The minimum atomic E-state index is -1.10. The number of fused-ring (bicyclic) bond motifs is 1. The summed E-state index contributed by atoms with van der Waals surface area (Å²) in [6.45, 7) is 21.1. The minimum Gasteiger partial charge on any atom is -0.479 e. The maximum absolute atomic E-state index is 12.8. The minimum absolute atomic E-state index is 0.267. The van der Waals surface area contributed by atoms with E-state index in [2.05, 4.69) is 48.8 Å². The quantitative estimate of drug-likeness (QED) is 0.392. The molecular formula is C35H51N3O4. The summed E-state index contributed by atoms with van der Waals surface area (Å²) in [7, 11) is 0. The Balaban J connectivity index is 1.55. The van der Waals surface area contributed by atoms with Crippen molar-refractivity contribution >= 4 is 11.7 Å². The molecule has 1 aromatic carbocycles. The van der Waals surface area contributed by atoms with Gasteiger partial charge in [-0.05, 0) is 94.7 Å². The molecule has 3 aliphatic rings. The van der Waals surface area contributed by atoms with E-state index in [1.165, 1.54) is 24.0 Å². The number of hydrogen-bond acceptors (Lipinski definition) is 6. The molecule has 2 saturated heterocycles. The highest BCUT2D eigenvalue weighted by molar-refractivity contribution is 5.88. The van der Waals surface area contributed by atoms with Crippen molar-refractivity contribution in [3.8, 4) is 11.1 Å². The predicted octanol–water partition coefficient (Wildman–Crippen LogP) is 6.72. The van der Waals surface area contributed by atoms with Gasteiger partial charge in [-0.1, -0.05) is 32.0 Å². The molecule has 1 N–H and O–H groups in total. The number of nitrogens with zero attached hydrogens (tertiary/aromatic N) is 3. The number of carboxylic acids is 1. The maximum Gasteiger partial charge on any atom is 0.337 e. The molecule has 4 heterocycles. The summed E-state index contributed by atoms with van der Waals surface area (Å²) in [5.74, 6) is -0.342. The predicted molar refractivity (Wildman–Crippen MR) is 168 cm³/mol. The summed E-state index contributed by atoms with van der Waals surface area (Å²) in [5.41, 5.74) is 7.93. The molecule has 42 heavy (non-hydrogen) atoms. The maximum atomic E-state index is 12.8.